The molecule has 3 aromatic rings. The first-order valence-electron chi connectivity index (χ1n) is 9.56. The van der Waals surface area contributed by atoms with E-state index in [1.807, 2.05) is 0 Å². The number of H-pyrrole nitrogens is 1. The first kappa shape index (κ1) is 17.0. The molecule has 1 fully saturated rings. The number of oxazole rings is 1. The van der Waals surface area contributed by atoms with Crippen molar-refractivity contribution in [2.45, 2.75) is 39.3 Å². The molecule has 0 unspecified atom stereocenters. The van der Waals surface area contributed by atoms with Crippen molar-refractivity contribution in [3.63, 3.8) is 0 Å². The molecule has 1 N–H and O–H groups in total. The monoisotopic (exact) mass is 379 g/mol. The Morgan fingerprint density at radius 3 is 2.93 bits per heavy atom. The van der Waals surface area contributed by atoms with Crippen LogP contribution < -0.4 is 5.56 Å². The number of aromatic nitrogens is 4. The second kappa shape index (κ2) is 6.47. The Morgan fingerprint density at radius 2 is 2.21 bits per heavy atom. The summed E-state index contributed by atoms with van der Waals surface area (Å²) in [6, 6.07) is 3.35. The van der Waals surface area contributed by atoms with Crippen LogP contribution in [0.4, 0.5) is 0 Å². The lowest BCUT2D eigenvalue weighted by Gasteiger charge is -2.27. The molecular weight excluding hydrogens is 358 g/mol. The Kier molecular flexibility index (Phi) is 3.92. The maximum absolute atomic E-state index is 13.0. The number of carbonyl (C=O) groups is 1. The summed E-state index contributed by atoms with van der Waals surface area (Å²) in [5.74, 6) is 0.438. The highest BCUT2D eigenvalue weighted by atomic mass is 16.3. The van der Waals surface area contributed by atoms with Crippen LogP contribution in [-0.4, -0.2) is 37.1 Å². The average molecular weight is 379 g/mol. The van der Waals surface area contributed by atoms with Gasteiger partial charge in [0.15, 0.2) is 6.39 Å². The fraction of sp³-hybridized carbons (Fsp3) is 0.400. The van der Waals surface area contributed by atoms with Gasteiger partial charge < -0.3 is 14.3 Å². The summed E-state index contributed by atoms with van der Waals surface area (Å²) in [4.78, 5) is 33.9. The highest BCUT2D eigenvalue weighted by Gasteiger charge is 2.32. The van der Waals surface area contributed by atoms with Gasteiger partial charge in [0, 0.05) is 36.5 Å². The fourth-order valence-electron chi connectivity index (χ4n) is 3.81. The Bertz CT molecular complexity index is 1090. The molecule has 0 atom stereocenters. The lowest BCUT2D eigenvalue weighted by atomic mass is 10.0. The number of carbonyl (C=O) groups excluding carboxylic acids is 1. The van der Waals surface area contributed by atoms with Crippen LogP contribution in [0, 0.1) is 12.8 Å². The van der Waals surface area contributed by atoms with Crippen LogP contribution in [-0.2, 0) is 19.5 Å². The number of amides is 1. The molecule has 5 rings (SSSR count). The van der Waals surface area contributed by atoms with E-state index < -0.39 is 0 Å². The van der Waals surface area contributed by atoms with Crippen molar-refractivity contribution in [2.75, 3.05) is 6.54 Å². The predicted molar refractivity (Wildman–Crippen MR) is 101 cm³/mol. The third kappa shape index (κ3) is 2.94. The largest absolute Gasteiger partial charge is 0.451 e. The second-order valence-corrected chi connectivity index (χ2v) is 7.63. The highest BCUT2D eigenvalue weighted by Crippen LogP contribution is 2.34. The van der Waals surface area contributed by atoms with Gasteiger partial charge in [0.25, 0.3) is 11.5 Å². The molecule has 0 spiro atoms. The van der Waals surface area contributed by atoms with Gasteiger partial charge in [-0.1, -0.05) is 0 Å². The Balaban J connectivity index is 1.49. The number of hydrogen-bond acceptors (Lipinski definition) is 5. The first-order chi connectivity index (χ1) is 13.6. The second-order valence-electron chi connectivity index (χ2n) is 7.63. The fourth-order valence-corrected chi connectivity index (χ4v) is 3.81. The molecule has 4 heterocycles. The molecule has 28 heavy (non-hydrogen) atoms. The Hall–Kier alpha value is -3.16. The van der Waals surface area contributed by atoms with E-state index in [-0.39, 0.29) is 17.0 Å². The summed E-state index contributed by atoms with van der Waals surface area (Å²) in [6.07, 6.45) is 6.17. The number of hydrogen-bond donors (Lipinski definition) is 1. The van der Waals surface area contributed by atoms with E-state index in [9.17, 15) is 9.59 Å². The van der Waals surface area contributed by atoms with Crippen molar-refractivity contribution < 1.29 is 9.21 Å². The van der Waals surface area contributed by atoms with Gasteiger partial charge in [0.2, 0.25) is 0 Å². The van der Waals surface area contributed by atoms with Gasteiger partial charge in [-0.05, 0) is 37.8 Å². The molecule has 144 valence electrons. The van der Waals surface area contributed by atoms with Crippen LogP contribution >= 0.6 is 0 Å². The van der Waals surface area contributed by atoms with Gasteiger partial charge in [-0.15, -0.1) is 0 Å². The van der Waals surface area contributed by atoms with Gasteiger partial charge in [-0.3, -0.25) is 14.3 Å². The molecule has 1 amide bonds. The number of rotatable bonds is 4. The lowest BCUT2D eigenvalue weighted by Crippen LogP contribution is -2.39. The molecule has 8 heteroatoms. The summed E-state index contributed by atoms with van der Waals surface area (Å²) in [6.45, 7) is 3.68. The average Bonchev–Trinajstić information content (AvgIpc) is 3.20. The summed E-state index contributed by atoms with van der Waals surface area (Å²) in [5, 5.41) is 4.80. The van der Waals surface area contributed by atoms with Crippen LogP contribution in [0.3, 0.4) is 0 Å². The number of nitrogens with zero attached hydrogens (tertiary/aromatic N) is 4. The molecule has 1 aliphatic heterocycles. The number of fused-ring (bicyclic) bond motifs is 1. The van der Waals surface area contributed by atoms with Crippen LogP contribution in [0.15, 0.2) is 34.0 Å². The van der Waals surface area contributed by atoms with Crippen molar-refractivity contribution in [1.29, 1.82) is 0 Å². The molecule has 0 saturated heterocycles. The van der Waals surface area contributed by atoms with Crippen molar-refractivity contribution >= 4 is 5.91 Å². The minimum absolute atomic E-state index is 0.169. The van der Waals surface area contributed by atoms with Gasteiger partial charge in [-0.25, -0.2) is 4.98 Å². The zero-order valence-corrected chi connectivity index (χ0v) is 15.6. The van der Waals surface area contributed by atoms with Crippen molar-refractivity contribution in [3.05, 3.63) is 57.7 Å². The van der Waals surface area contributed by atoms with Crippen LogP contribution in [0.2, 0.25) is 0 Å². The van der Waals surface area contributed by atoms with Gasteiger partial charge >= 0.3 is 0 Å². The van der Waals surface area contributed by atoms with Crippen molar-refractivity contribution in [3.8, 4) is 11.4 Å². The summed E-state index contributed by atoms with van der Waals surface area (Å²) in [5.41, 5.74) is 4.15. The number of nitrogens with one attached hydrogen (secondary N) is 1. The predicted octanol–water partition coefficient (Wildman–Crippen LogP) is 2.14. The minimum atomic E-state index is -0.350. The third-order valence-corrected chi connectivity index (χ3v) is 5.51. The van der Waals surface area contributed by atoms with Crippen LogP contribution in [0.25, 0.3) is 11.4 Å². The van der Waals surface area contributed by atoms with Crippen molar-refractivity contribution in [2.24, 2.45) is 5.92 Å². The third-order valence-electron chi connectivity index (χ3n) is 5.51. The van der Waals surface area contributed by atoms with Gasteiger partial charge in [0.05, 0.1) is 6.54 Å². The lowest BCUT2D eigenvalue weighted by molar-refractivity contribution is 0.0731. The topological polar surface area (TPSA) is 97.0 Å². The molecule has 8 nitrogen and oxygen atoms in total. The zero-order valence-electron chi connectivity index (χ0n) is 15.6. The van der Waals surface area contributed by atoms with Gasteiger partial charge in [-0.2, -0.15) is 5.10 Å². The maximum atomic E-state index is 13.0. The Labute approximate surface area is 161 Å². The molecule has 1 saturated carbocycles. The maximum Gasteiger partial charge on any atom is 0.260 e. The smallest absolute Gasteiger partial charge is 0.260 e. The zero-order chi connectivity index (χ0) is 19.3. The summed E-state index contributed by atoms with van der Waals surface area (Å²) >= 11 is 0. The van der Waals surface area contributed by atoms with E-state index in [4.69, 9.17) is 9.52 Å². The molecule has 2 aliphatic rings. The Morgan fingerprint density at radius 1 is 1.36 bits per heavy atom. The number of pyridine rings is 1. The number of aromatic amines is 1. The van der Waals surface area contributed by atoms with E-state index in [1.165, 1.54) is 19.2 Å². The summed E-state index contributed by atoms with van der Waals surface area (Å²) in [7, 11) is 0. The summed E-state index contributed by atoms with van der Waals surface area (Å²) < 4.78 is 7.23. The quantitative estimate of drug-likeness (QED) is 0.749. The van der Waals surface area contributed by atoms with E-state index in [0.717, 1.165) is 29.2 Å². The molecule has 1 aliphatic carbocycles. The highest BCUT2D eigenvalue weighted by molar-refractivity contribution is 5.94. The van der Waals surface area contributed by atoms with Crippen LogP contribution in [0.1, 0.15) is 40.2 Å². The standard InChI is InChI=1S/C20H21N5O3/c1-12-2-5-14(19(26)22-12)20(27)24-7-6-17-15(9-24)18(16-10-28-11-21-16)23-25(17)8-13-3-4-13/h2,5,10-11,13H,3-4,6-9H2,1H3,(H,22,26). The molecule has 0 bridgehead atoms. The first-order valence-corrected chi connectivity index (χ1v) is 9.56. The van der Waals surface area contributed by atoms with Crippen molar-refractivity contribution in [1.82, 2.24) is 24.6 Å². The van der Waals surface area contributed by atoms with E-state index in [2.05, 4.69) is 14.6 Å². The normalized spacial score (nSPS) is 16.2. The minimum Gasteiger partial charge on any atom is -0.451 e. The van der Waals surface area contributed by atoms with E-state index in [0.29, 0.717) is 31.1 Å². The van der Waals surface area contributed by atoms with E-state index >= 15 is 0 Å². The molecule has 0 radical (unpaired) electrons. The molecule has 0 aromatic carbocycles. The molecular formula is C20H21N5O3. The SMILES string of the molecule is Cc1ccc(C(=O)N2CCc3c(c(-c4cocn4)nn3CC3CC3)C2)c(=O)[nH]1. The number of aryl methyl sites for hydroxylation is 1. The van der Waals surface area contributed by atoms with Gasteiger partial charge in [0.1, 0.15) is 23.2 Å². The van der Waals surface area contributed by atoms with E-state index in [1.54, 1.807) is 30.2 Å². The molecule has 3 aromatic heterocycles. The van der Waals surface area contributed by atoms with Crippen LogP contribution in [0.5, 0.6) is 0 Å².